The fourth-order valence-electron chi connectivity index (χ4n) is 2.18. The normalized spacial score (nSPS) is 11.3. The zero-order valence-corrected chi connectivity index (χ0v) is 15.8. The first kappa shape index (κ1) is 18.4. The van der Waals surface area contributed by atoms with Crippen LogP contribution in [0.2, 0.25) is 0 Å². The summed E-state index contributed by atoms with van der Waals surface area (Å²) in [6, 6.07) is 14.4. The highest BCUT2D eigenvalue weighted by molar-refractivity contribution is 14.1. The van der Waals surface area contributed by atoms with Gasteiger partial charge >= 0.3 is 6.18 Å². The Morgan fingerprint density at radius 3 is 2.08 bits per heavy atom. The Morgan fingerprint density at radius 2 is 1.46 bits per heavy atom. The van der Waals surface area contributed by atoms with Gasteiger partial charge < -0.3 is 10.6 Å². The summed E-state index contributed by atoms with van der Waals surface area (Å²) in [6.45, 7) is 1.95. The lowest BCUT2D eigenvalue weighted by molar-refractivity contribution is -0.137. The zero-order chi connectivity index (χ0) is 18.7. The molecule has 0 aliphatic rings. The third-order valence-electron chi connectivity index (χ3n) is 3.51. The second-order valence-electron chi connectivity index (χ2n) is 5.58. The fourth-order valence-corrected chi connectivity index (χ4v) is 2.54. The fraction of sp³-hybridized carbons (Fsp3) is 0.111. The van der Waals surface area contributed by atoms with Crippen LogP contribution in [-0.2, 0) is 6.18 Å². The summed E-state index contributed by atoms with van der Waals surface area (Å²) in [7, 11) is 0. The summed E-state index contributed by atoms with van der Waals surface area (Å²) >= 11 is 2.12. The van der Waals surface area contributed by atoms with Crippen molar-refractivity contribution in [2.45, 2.75) is 13.1 Å². The van der Waals surface area contributed by atoms with Crippen LogP contribution in [0.5, 0.6) is 0 Å². The largest absolute Gasteiger partial charge is 0.421 e. The molecule has 8 heteroatoms. The van der Waals surface area contributed by atoms with E-state index in [9.17, 15) is 13.2 Å². The number of aromatic nitrogens is 2. The number of hydrogen-bond acceptors (Lipinski definition) is 4. The number of nitrogens with zero attached hydrogens (tertiary/aromatic N) is 2. The summed E-state index contributed by atoms with van der Waals surface area (Å²) in [5.41, 5.74) is 1.35. The summed E-state index contributed by atoms with van der Waals surface area (Å²) in [5.74, 6) is -0.224. The molecule has 2 aromatic carbocycles. The smallest absolute Gasteiger partial charge is 0.340 e. The molecule has 0 saturated heterocycles. The van der Waals surface area contributed by atoms with E-state index < -0.39 is 11.7 Å². The molecule has 0 radical (unpaired) electrons. The Labute approximate surface area is 162 Å². The Hall–Kier alpha value is -2.36. The molecule has 0 spiro atoms. The molecule has 3 rings (SSSR count). The predicted octanol–water partition coefficient (Wildman–Crippen LogP) is 5.90. The molecule has 0 unspecified atom stereocenters. The maximum Gasteiger partial charge on any atom is 0.421 e. The second kappa shape index (κ2) is 7.48. The van der Waals surface area contributed by atoms with E-state index in [4.69, 9.17) is 0 Å². The van der Waals surface area contributed by atoms with Crippen molar-refractivity contribution in [3.8, 4) is 0 Å². The van der Waals surface area contributed by atoms with E-state index in [1.165, 1.54) is 0 Å². The van der Waals surface area contributed by atoms with Gasteiger partial charge in [-0.05, 0) is 65.9 Å². The lowest BCUT2D eigenvalue weighted by atomic mass is 10.2. The first-order chi connectivity index (χ1) is 12.3. The van der Waals surface area contributed by atoms with Crippen molar-refractivity contribution >= 4 is 45.7 Å². The molecule has 0 saturated carbocycles. The number of hydrogen-bond donors (Lipinski definition) is 2. The lowest BCUT2D eigenvalue weighted by Crippen LogP contribution is -2.12. The molecule has 1 heterocycles. The molecule has 2 N–H and O–H groups in total. The molecule has 134 valence electrons. The Kier molecular flexibility index (Phi) is 5.30. The summed E-state index contributed by atoms with van der Waals surface area (Å²) in [6.07, 6.45) is -3.79. The van der Waals surface area contributed by atoms with Crippen molar-refractivity contribution in [1.29, 1.82) is 0 Å². The molecule has 3 aromatic rings. The molecule has 1 aromatic heterocycles. The van der Waals surface area contributed by atoms with Gasteiger partial charge in [-0.25, -0.2) is 4.98 Å². The molecule has 26 heavy (non-hydrogen) atoms. The molecular formula is C18H14F3IN4. The maximum atomic E-state index is 13.3. The van der Waals surface area contributed by atoms with Gasteiger partial charge in [0.2, 0.25) is 5.95 Å². The average Bonchev–Trinajstić information content (AvgIpc) is 2.58. The monoisotopic (exact) mass is 470 g/mol. The van der Waals surface area contributed by atoms with Crippen LogP contribution < -0.4 is 10.6 Å². The van der Waals surface area contributed by atoms with Crippen LogP contribution >= 0.6 is 22.6 Å². The maximum absolute atomic E-state index is 13.3. The van der Waals surface area contributed by atoms with Gasteiger partial charge in [0.1, 0.15) is 11.4 Å². The number of halogens is 4. The van der Waals surface area contributed by atoms with Crippen LogP contribution in [0.15, 0.2) is 54.7 Å². The molecular weight excluding hydrogens is 456 g/mol. The minimum atomic E-state index is -4.56. The third kappa shape index (κ3) is 4.63. The van der Waals surface area contributed by atoms with Crippen LogP contribution in [0.1, 0.15) is 11.1 Å². The zero-order valence-electron chi connectivity index (χ0n) is 13.6. The highest BCUT2D eigenvalue weighted by atomic mass is 127. The minimum Gasteiger partial charge on any atom is -0.340 e. The number of rotatable bonds is 4. The Bertz CT molecular complexity index is 894. The van der Waals surface area contributed by atoms with Gasteiger partial charge in [0.25, 0.3) is 0 Å². The van der Waals surface area contributed by atoms with Crippen LogP contribution in [0.3, 0.4) is 0 Å². The molecule has 4 nitrogen and oxygen atoms in total. The number of benzene rings is 2. The molecule has 0 fully saturated rings. The molecule has 0 aliphatic carbocycles. The van der Waals surface area contributed by atoms with E-state index in [1.54, 1.807) is 24.3 Å². The van der Waals surface area contributed by atoms with E-state index in [0.29, 0.717) is 11.4 Å². The molecule has 0 bridgehead atoms. The number of alkyl halides is 3. The lowest BCUT2D eigenvalue weighted by Gasteiger charge is -2.15. The number of anilines is 4. The average molecular weight is 470 g/mol. The topological polar surface area (TPSA) is 49.8 Å². The summed E-state index contributed by atoms with van der Waals surface area (Å²) in [5, 5.41) is 5.64. The van der Waals surface area contributed by atoms with Gasteiger partial charge in [0, 0.05) is 21.1 Å². The van der Waals surface area contributed by atoms with Crippen molar-refractivity contribution < 1.29 is 13.2 Å². The predicted molar refractivity (Wildman–Crippen MR) is 104 cm³/mol. The van der Waals surface area contributed by atoms with Crippen molar-refractivity contribution in [2.75, 3.05) is 10.6 Å². The van der Waals surface area contributed by atoms with Crippen molar-refractivity contribution in [1.82, 2.24) is 9.97 Å². The minimum absolute atomic E-state index is 0.0786. The SMILES string of the molecule is Cc1ccc(Nc2ncc(C(F)(F)F)c(Nc3ccc(I)cc3)n2)cc1. The highest BCUT2D eigenvalue weighted by Crippen LogP contribution is 2.35. The van der Waals surface area contributed by atoms with Crippen LogP contribution in [0.25, 0.3) is 0 Å². The highest BCUT2D eigenvalue weighted by Gasteiger charge is 2.35. The number of aryl methyl sites for hydroxylation is 1. The van der Waals surface area contributed by atoms with E-state index in [2.05, 4.69) is 43.2 Å². The van der Waals surface area contributed by atoms with E-state index in [0.717, 1.165) is 15.3 Å². The van der Waals surface area contributed by atoms with Crippen LogP contribution in [-0.4, -0.2) is 9.97 Å². The third-order valence-corrected chi connectivity index (χ3v) is 4.23. The standard InChI is InChI=1S/C18H14F3IN4/c1-11-2-6-14(7-3-11)25-17-23-10-15(18(19,20)21)16(26-17)24-13-8-4-12(22)5-9-13/h2-10H,1H3,(H2,23,24,25,26). The number of nitrogens with one attached hydrogen (secondary N) is 2. The van der Waals surface area contributed by atoms with Gasteiger partial charge in [-0.2, -0.15) is 18.2 Å². The van der Waals surface area contributed by atoms with Gasteiger partial charge in [0.05, 0.1) is 0 Å². The van der Waals surface area contributed by atoms with Gasteiger partial charge in [-0.3, -0.25) is 0 Å². The van der Waals surface area contributed by atoms with Crippen molar-refractivity contribution in [3.63, 3.8) is 0 Å². The first-order valence-electron chi connectivity index (χ1n) is 7.62. The van der Waals surface area contributed by atoms with Crippen molar-refractivity contribution in [2.24, 2.45) is 0 Å². The van der Waals surface area contributed by atoms with Gasteiger partial charge in [-0.15, -0.1) is 0 Å². The van der Waals surface area contributed by atoms with E-state index in [-0.39, 0.29) is 11.8 Å². The van der Waals surface area contributed by atoms with E-state index >= 15 is 0 Å². The quantitative estimate of drug-likeness (QED) is 0.467. The second-order valence-corrected chi connectivity index (χ2v) is 6.82. The van der Waals surface area contributed by atoms with E-state index in [1.807, 2.05) is 31.2 Å². The summed E-state index contributed by atoms with van der Waals surface area (Å²) in [4.78, 5) is 7.82. The molecule has 0 amide bonds. The summed E-state index contributed by atoms with van der Waals surface area (Å²) < 4.78 is 40.8. The van der Waals surface area contributed by atoms with Gasteiger partial charge in [-0.1, -0.05) is 17.7 Å². The first-order valence-corrected chi connectivity index (χ1v) is 8.70. The molecule has 0 aliphatic heterocycles. The Balaban J connectivity index is 1.93. The molecule has 0 atom stereocenters. The van der Waals surface area contributed by atoms with Crippen LogP contribution in [0, 0.1) is 10.5 Å². The van der Waals surface area contributed by atoms with Crippen LogP contribution in [0.4, 0.5) is 36.3 Å². The van der Waals surface area contributed by atoms with Crippen molar-refractivity contribution in [3.05, 3.63) is 69.4 Å². The Morgan fingerprint density at radius 1 is 0.885 bits per heavy atom. The van der Waals surface area contributed by atoms with Gasteiger partial charge in [0.15, 0.2) is 0 Å².